The number of ether oxygens (including phenoxy) is 1. The Morgan fingerprint density at radius 1 is 1.09 bits per heavy atom. The molecule has 0 radical (unpaired) electrons. The number of thiocarbonyl (C=S) groups is 1. The largest absolute Gasteiger partial charge is 0.497 e. The molecule has 0 aliphatic carbocycles. The number of carbonyl (C=O) groups is 1. The van der Waals surface area contributed by atoms with Gasteiger partial charge in [-0.1, -0.05) is 73.0 Å². The van der Waals surface area contributed by atoms with Gasteiger partial charge >= 0.3 is 0 Å². The number of methoxy groups -OCH3 is 1. The van der Waals surface area contributed by atoms with E-state index in [2.05, 4.69) is 49.1 Å². The van der Waals surface area contributed by atoms with Gasteiger partial charge < -0.3 is 9.64 Å². The average Bonchev–Trinajstić information content (AvgIpc) is 3.31. The molecule has 2 aliphatic heterocycles. The summed E-state index contributed by atoms with van der Waals surface area (Å²) >= 11 is 8.73. The minimum Gasteiger partial charge on any atom is -0.497 e. The molecule has 4 nitrogen and oxygen atoms in total. The van der Waals surface area contributed by atoms with Gasteiger partial charge in [-0.25, -0.2) is 0 Å². The van der Waals surface area contributed by atoms with Crippen molar-refractivity contribution in [3.63, 3.8) is 0 Å². The molecular formula is C25H26N2O2S3. The van der Waals surface area contributed by atoms with Crippen LogP contribution in [0.2, 0.25) is 0 Å². The number of fused-ring (bicyclic) bond motifs is 1. The number of hydrogen-bond donors (Lipinski definition) is 0. The SMILES string of the molecule is CCC(C=C1Sc2ccc(OC)cc2N1CC)=C1SC(=S)N(CCc2ccccc2)C1=O. The molecule has 0 N–H and O–H groups in total. The summed E-state index contributed by atoms with van der Waals surface area (Å²) in [5.74, 6) is 0.869. The molecular weight excluding hydrogens is 456 g/mol. The minimum absolute atomic E-state index is 0.0230. The van der Waals surface area contributed by atoms with Crippen LogP contribution < -0.4 is 9.64 Å². The predicted molar refractivity (Wildman–Crippen MR) is 139 cm³/mol. The highest BCUT2D eigenvalue weighted by Crippen LogP contribution is 2.48. The monoisotopic (exact) mass is 482 g/mol. The molecule has 2 heterocycles. The van der Waals surface area contributed by atoms with Crippen molar-refractivity contribution in [1.29, 1.82) is 0 Å². The molecule has 7 heteroatoms. The van der Waals surface area contributed by atoms with Crippen molar-refractivity contribution in [2.24, 2.45) is 0 Å². The lowest BCUT2D eigenvalue weighted by molar-refractivity contribution is -0.122. The molecule has 0 unspecified atom stereocenters. The molecule has 1 fully saturated rings. The Morgan fingerprint density at radius 2 is 1.88 bits per heavy atom. The van der Waals surface area contributed by atoms with Crippen LogP contribution in [0, 0.1) is 0 Å². The highest BCUT2D eigenvalue weighted by molar-refractivity contribution is 8.26. The summed E-state index contributed by atoms with van der Waals surface area (Å²) in [5, 5.41) is 1.13. The van der Waals surface area contributed by atoms with Gasteiger partial charge in [0.05, 0.1) is 22.7 Å². The standard InChI is InChI=1S/C25H26N2O2S3/c1-4-18(15-22-26(5-2)20-16-19(29-3)11-12-21(20)31-22)23-24(28)27(25(30)32-23)14-13-17-9-7-6-8-10-17/h6-12,15-16H,4-5,13-14H2,1-3H3. The van der Waals surface area contributed by atoms with Gasteiger partial charge in [0, 0.05) is 24.1 Å². The normalized spacial score (nSPS) is 18.5. The van der Waals surface area contributed by atoms with Crippen LogP contribution in [0.1, 0.15) is 25.8 Å². The minimum atomic E-state index is 0.0230. The van der Waals surface area contributed by atoms with E-state index in [0.717, 1.165) is 46.3 Å². The molecule has 0 bridgehead atoms. The predicted octanol–water partition coefficient (Wildman–Crippen LogP) is 6.24. The van der Waals surface area contributed by atoms with E-state index < -0.39 is 0 Å². The fourth-order valence-electron chi connectivity index (χ4n) is 3.79. The summed E-state index contributed by atoms with van der Waals surface area (Å²) in [4.78, 5) is 19.2. The van der Waals surface area contributed by atoms with Gasteiger partial charge in [-0.3, -0.25) is 9.69 Å². The van der Waals surface area contributed by atoms with Crippen LogP contribution in [0.4, 0.5) is 5.69 Å². The first kappa shape index (κ1) is 23.0. The maximum absolute atomic E-state index is 13.3. The second-order valence-electron chi connectivity index (χ2n) is 7.43. The van der Waals surface area contributed by atoms with Gasteiger partial charge in [0.25, 0.3) is 5.91 Å². The summed E-state index contributed by atoms with van der Waals surface area (Å²) in [6.45, 7) is 5.67. The van der Waals surface area contributed by atoms with Crippen molar-refractivity contribution in [2.45, 2.75) is 31.6 Å². The van der Waals surface area contributed by atoms with Crippen LogP contribution in [-0.4, -0.2) is 35.3 Å². The molecule has 0 saturated carbocycles. The molecule has 2 aliphatic rings. The van der Waals surface area contributed by atoms with E-state index in [-0.39, 0.29) is 5.91 Å². The number of anilines is 1. The number of rotatable bonds is 7. The first-order chi connectivity index (χ1) is 15.5. The topological polar surface area (TPSA) is 32.8 Å². The summed E-state index contributed by atoms with van der Waals surface area (Å²) < 4.78 is 6.05. The first-order valence-electron chi connectivity index (χ1n) is 10.7. The van der Waals surface area contributed by atoms with Crippen LogP contribution in [0.3, 0.4) is 0 Å². The second kappa shape index (κ2) is 10.1. The Bertz CT molecular complexity index is 1100. The fraction of sp³-hybridized carbons (Fsp3) is 0.280. The average molecular weight is 483 g/mol. The molecule has 2 aromatic carbocycles. The van der Waals surface area contributed by atoms with Crippen molar-refractivity contribution < 1.29 is 9.53 Å². The van der Waals surface area contributed by atoms with E-state index in [1.54, 1.807) is 23.8 Å². The van der Waals surface area contributed by atoms with Crippen molar-refractivity contribution >= 4 is 51.7 Å². The first-order valence-corrected chi connectivity index (χ1v) is 12.8. The Kier molecular flexibility index (Phi) is 7.28. The Labute approximate surface area is 203 Å². The quantitative estimate of drug-likeness (QED) is 0.343. The van der Waals surface area contributed by atoms with E-state index in [0.29, 0.717) is 10.9 Å². The van der Waals surface area contributed by atoms with E-state index in [1.165, 1.54) is 22.2 Å². The Hall–Kier alpha value is -2.22. The number of allylic oxidation sites excluding steroid dienone is 2. The van der Waals surface area contributed by atoms with Crippen LogP contribution in [0.15, 0.2) is 75.0 Å². The van der Waals surface area contributed by atoms with Gasteiger partial charge in [0.1, 0.15) is 10.1 Å². The molecule has 32 heavy (non-hydrogen) atoms. The zero-order valence-corrected chi connectivity index (χ0v) is 20.9. The number of carbonyl (C=O) groups excluding carboxylic acids is 1. The molecule has 4 rings (SSSR count). The molecule has 1 saturated heterocycles. The number of thioether (sulfide) groups is 2. The van der Waals surface area contributed by atoms with E-state index >= 15 is 0 Å². The third-order valence-electron chi connectivity index (χ3n) is 5.54. The van der Waals surface area contributed by atoms with Crippen LogP contribution in [0.5, 0.6) is 5.75 Å². The lowest BCUT2D eigenvalue weighted by Crippen LogP contribution is -2.30. The number of nitrogens with zero attached hydrogens (tertiary/aromatic N) is 2. The lowest BCUT2D eigenvalue weighted by atomic mass is 10.1. The summed E-state index contributed by atoms with van der Waals surface area (Å²) in [5.41, 5.74) is 3.39. The van der Waals surface area contributed by atoms with Crippen molar-refractivity contribution in [1.82, 2.24) is 4.90 Å². The van der Waals surface area contributed by atoms with E-state index in [1.807, 2.05) is 24.3 Å². The summed E-state index contributed by atoms with van der Waals surface area (Å²) in [6.07, 6.45) is 3.72. The van der Waals surface area contributed by atoms with Crippen LogP contribution in [0.25, 0.3) is 0 Å². The second-order valence-corrected chi connectivity index (χ2v) is 10.1. The number of amides is 1. The molecule has 0 spiro atoms. The third kappa shape index (κ3) is 4.60. The van der Waals surface area contributed by atoms with E-state index in [4.69, 9.17) is 17.0 Å². The van der Waals surface area contributed by atoms with Crippen molar-refractivity contribution in [3.8, 4) is 5.75 Å². The molecule has 1 amide bonds. The molecule has 0 aromatic heterocycles. The van der Waals surface area contributed by atoms with Crippen molar-refractivity contribution in [2.75, 3.05) is 25.1 Å². The molecule has 0 atom stereocenters. The summed E-state index contributed by atoms with van der Waals surface area (Å²) in [7, 11) is 1.69. The highest BCUT2D eigenvalue weighted by Gasteiger charge is 2.34. The van der Waals surface area contributed by atoms with Crippen LogP contribution >= 0.6 is 35.7 Å². The van der Waals surface area contributed by atoms with Gasteiger partial charge in [-0.05, 0) is 49.1 Å². The fourth-order valence-corrected chi connectivity index (χ4v) is 6.38. The van der Waals surface area contributed by atoms with Crippen molar-refractivity contribution in [3.05, 3.63) is 75.7 Å². The molecule has 166 valence electrons. The van der Waals surface area contributed by atoms with Gasteiger partial charge in [0.2, 0.25) is 0 Å². The Morgan fingerprint density at radius 3 is 2.56 bits per heavy atom. The number of benzene rings is 2. The number of hydrogen-bond acceptors (Lipinski definition) is 6. The van der Waals surface area contributed by atoms with E-state index in [9.17, 15) is 4.79 Å². The third-order valence-corrected chi connectivity index (χ3v) is 8.16. The van der Waals surface area contributed by atoms with Gasteiger partial charge in [-0.15, -0.1) is 0 Å². The molecule has 2 aromatic rings. The highest BCUT2D eigenvalue weighted by atomic mass is 32.2. The summed E-state index contributed by atoms with van der Waals surface area (Å²) in [6, 6.07) is 16.4. The zero-order valence-electron chi connectivity index (χ0n) is 18.5. The maximum atomic E-state index is 13.3. The zero-order chi connectivity index (χ0) is 22.7. The van der Waals surface area contributed by atoms with Gasteiger partial charge in [0.15, 0.2) is 0 Å². The maximum Gasteiger partial charge on any atom is 0.266 e. The smallest absolute Gasteiger partial charge is 0.266 e. The van der Waals surface area contributed by atoms with Gasteiger partial charge in [-0.2, -0.15) is 0 Å². The lowest BCUT2D eigenvalue weighted by Gasteiger charge is -2.19. The Balaban J connectivity index is 1.58. The van der Waals surface area contributed by atoms with Crippen LogP contribution in [-0.2, 0) is 11.2 Å².